The van der Waals surface area contributed by atoms with Gasteiger partial charge in [0.2, 0.25) is 5.91 Å². The van der Waals surface area contributed by atoms with Gasteiger partial charge in [-0.25, -0.2) is 22.5 Å². The van der Waals surface area contributed by atoms with E-state index >= 15 is 0 Å². The molecule has 1 fully saturated rings. The van der Waals surface area contributed by atoms with E-state index in [1.807, 2.05) is 0 Å². The summed E-state index contributed by atoms with van der Waals surface area (Å²) >= 11 is 0. The summed E-state index contributed by atoms with van der Waals surface area (Å²) in [7, 11) is 0. The fraction of sp³-hybridized carbons (Fsp3) is 0.348. The van der Waals surface area contributed by atoms with Gasteiger partial charge in [-0.15, -0.1) is 0 Å². The minimum atomic E-state index is -2.96. The number of imidazole rings is 1. The number of anilines is 1. The Labute approximate surface area is 193 Å². The zero-order chi connectivity index (χ0) is 24.5. The minimum absolute atomic E-state index is 0.0325. The molecule has 1 aromatic carbocycles. The van der Waals surface area contributed by atoms with E-state index in [1.165, 1.54) is 47.7 Å². The Hall–Kier alpha value is -3.47. The van der Waals surface area contributed by atoms with Crippen molar-refractivity contribution in [3.8, 4) is 0 Å². The van der Waals surface area contributed by atoms with Crippen LogP contribution in [0.4, 0.5) is 23.4 Å². The lowest BCUT2D eigenvalue weighted by molar-refractivity contribution is -0.605. The van der Waals surface area contributed by atoms with Crippen LogP contribution in [0, 0.1) is 16.8 Å². The molecule has 1 aliphatic rings. The molecule has 1 N–H and O–H groups in total. The van der Waals surface area contributed by atoms with Crippen molar-refractivity contribution in [1.82, 2.24) is 14.5 Å². The monoisotopic (exact) mass is 477 g/mol. The summed E-state index contributed by atoms with van der Waals surface area (Å²) in [4.78, 5) is 18.5. The normalized spacial score (nSPS) is 19.0. The van der Waals surface area contributed by atoms with Crippen molar-refractivity contribution in [2.45, 2.75) is 37.8 Å². The second-order valence-corrected chi connectivity index (χ2v) is 8.38. The van der Waals surface area contributed by atoms with Crippen LogP contribution >= 0.6 is 0 Å². The highest BCUT2D eigenvalue weighted by molar-refractivity contribution is 5.93. The number of benzene rings is 1. The molecule has 0 radical (unpaired) electrons. The van der Waals surface area contributed by atoms with E-state index in [-0.39, 0.29) is 31.0 Å². The molecule has 0 unspecified atom stereocenters. The van der Waals surface area contributed by atoms with Gasteiger partial charge < -0.3 is 15.1 Å². The third-order valence-corrected chi connectivity index (χ3v) is 6.07. The van der Waals surface area contributed by atoms with Crippen LogP contribution in [-0.2, 0) is 11.3 Å². The smallest absolute Gasteiger partial charge is 0.257 e. The molecule has 0 saturated carbocycles. The fourth-order valence-corrected chi connectivity index (χ4v) is 4.04. The van der Waals surface area contributed by atoms with Gasteiger partial charge in [0.05, 0.1) is 24.8 Å². The first-order valence-corrected chi connectivity index (χ1v) is 10.7. The third kappa shape index (κ3) is 5.19. The number of piperidine rings is 1. The van der Waals surface area contributed by atoms with Gasteiger partial charge in [-0.1, -0.05) is 6.07 Å². The van der Waals surface area contributed by atoms with Crippen molar-refractivity contribution in [2.75, 3.05) is 18.4 Å². The molecule has 3 aromatic rings. The first-order valence-electron chi connectivity index (χ1n) is 10.7. The molecular weight excluding hydrogens is 454 g/mol. The highest BCUT2D eigenvalue weighted by Crippen LogP contribution is 2.40. The summed E-state index contributed by atoms with van der Waals surface area (Å²) in [6.45, 7) is 1.69. The second kappa shape index (κ2) is 9.41. The Balaban J connectivity index is 1.40. The number of hydrogen-bond acceptors (Lipinski definition) is 4. The molecule has 1 amide bonds. The lowest BCUT2D eigenvalue weighted by atomic mass is 9.87. The lowest BCUT2D eigenvalue weighted by Gasteiger charge is -2.40. The number of nitrogens with zero attached hydrogens (tertiary/aromatic N) is 4. The topological polar surface area (TPSA) is 77.1 Å². The van der Waals surface area contributed by atoms with E-state index in [0.717, 1.165) is 12.1 Å². The second-order valence-electron chi connectivity index (χ2n) is 8.38. The summed E-state index contributed by atoms with van der Waals surface area (Å²) in [6, 6.07) is 5.30. The van der Waals surface area contributed by atoms with Crippen LogP contribution in [0.5, 0.6) is 0 Å². The molecule has 180 valence electrons. The van der Waals surface area contributed by atoms with Crippen LogP contribution in [0.2, 0.25) is 0 Å². The number of rotatable bonds is 6. The molecule has 1 aliphatic heterocycles. The number of halogens is 4. The average molecular weight is 477 g/mol. The van der Waals surface area contributed by atoms with Gasteiger partial charge in [0, 0.05) is 49.5 Å². The van der Waals surface area contributed by atoms with E-state index in [9.17, 15) is 27.6 Å². The summed E-state index contributed by atoms with van der Waals surface area (Å²) in [5, 5.41) is 13.9. The molecule has 0 spiro atoms. The predicted molar refractivity (Wildman–Crippen MR) is 115 cm³/mol. The summed E-state index contributed by atoms with van der Waals surface area (Å²) in [6.07, 6.45) is 4.84. The Morgan fingerprint density at radius 2 is 2.03 bits per heavy atom. The number of hydrogen-bond donors (Lipinski definition) is 1. The van der Waals surface area contributed by atoms with Crippen molar-refractivity contribution in [3.05, 3.63) is 83.2 Å². The van der Waals surface area contributed by atoms with Crippen molar-refractivity contribution >= 4 is 11.7 Å². The van der Waals surface area contributed by atoms with Crippen molar-refractivity contribution in [3.63, 3.8) is 0 Å². The molecule has 0 aliphatic carbocycles. The van der Waals surface area contributed by atoms with Crippen LogP contribution in [-0.4, -0.2) is 45.4 Å². The summed E-state index contributed by atoms with van der Waals surface area (Å²) in [5.41, 5.74) is 0.593. The Morgan fingerprint density at radius 1 is 1.29 bits per heavy atom. The standard InChI is InChI=1S/C23H23F4N5O2/c1-15(31-9-6-23(26,27)19(12-31)16-4-7-32(34)8-5-16)22(33)29-21-13-30(14-28-21)11-17-2-3-18(24)10-20(17)25/h2-5,7-8,10,13-15,19H,6,9,11-12H2,1H3,(H,29,33)/t15-,19-/m1/s1. The predicted octanol–water partition coefficient (Wildman–Crippen LogP) is 3.29. The Morgan fingerprint density at radius 3 is 2.74 bits per heavy atom. The number of carbonyl (C=O) groups excluding carboxylic acids is 1. The molecule has 11 heteroatoms. The van der Waals surface area contributed by atoms with E-state index in [2.05, 4.69) is 10.3 Å². The summed E-state index contributed by atoms with van der Waals surface area (Å²) in [5.74, 6) is -5.67. The van der Waals surface area contributed by atoms with Gasteiger partial charge in [-0.05, 0) is 18.6 Å². The summed E-state index contributed by atoms with van der Waals surface area (Å²) < 4.78 is 58.2. The fourth-order valence-electron chi connectivity index (χ4n) is 4.04. The van der Waals surface area contributed by atoms with Crippen LogP contribution in [0.1, 0.15) is 30.4 Å². The maximum absolute atomic E-state index is 14.6. The van der Waals surface area contributed by atoms with Gasteiger partial charge >= 0.3 is 0 Å². The molecule has 1 saturated heterocycles. The maximum atomic E-state index is 14.6. The highest BCUT2D eigenvalue weighted by Gasteiger charge is 2.46. The van der Waals surface area contributed by atoms with Gasteiger partial charge in [0.15, 0.2) is 18.2 Å². The number of likely N-dealkylation sites (tertiary alicyclic amines) is 1. The number of aromatic nitrogens is 3. The van der Waals surface area contributed by atoms with Crippen molar-refractivity contribution < 1.29 is 27.1 Å². The van der Waals surface area contributed by atoms with Crippen LogP contribution < -0.4 is 10.0 Å². The molecule has 4 rings (SSSR count). The Bertz CT molecular complexity index is 1170. The van der Waals surface area contributed by atoms with Crippen LogP contribution in [0.25, 0.3) is 0 Å². The molecule has 2 aromatic heterocycles. The van der Waals surface area contributed by atoms with E-state index < -0.39 is 41.8 Å². The van der Waals surface area contributed by atoms with Gasteiger partial charge in [0.1, 0.15) is 11.6 Å². The van der Waals surface area contributed by atoms with E-state index in [0.29, 0.717) is 10.3 Å². The lowest BCUT2D eigenvalue weighted by Crippen LogP contribution is -2.52. The van der Waals surface area contributed by atoms with Gasteiger partial charge in [-0.2, -0.15) is 4.73 Å². The number of amides is 1. The highest BCUT2D eigenvalue weighted by atomic mass is 19.3. The largest absolute Gasteiger partial charge is 0.619 e. The van der Waals surface area contributed by atoms with E-state index in [4.69, 9.17) is 0 Å². The van der Waals surface area contributed by atoms with Crippen molar-refractivity contribution in [1.29, 1.82) is 0 Å². The number of nitrogens with one attached hydrogen (secondary N) is 1. The van der Waals surface area contributed by atoms with Gasteiger partial charge in [-0.3, -0.25) is 9.69 Å². The van der Waals surface area contributed by atoms with Crippen molar-refractivity contribution in [2.24, 2.45) is 0 Å². The molecule has 3 heterocycles. The number of carbonyl (C=O) groups is 1. The molecule has 2 atom stereocenters. The quantitative estimate of drug-likeness (QED) is 0.336. The molecule has 7 nitrogen and oxygen atoms in total. The van der Waals surface area contributed by atoms with E-state index in [1.54, 1.807) is 11.8 Å². The first-order chi connectivity index (χ1) is 16.1. The number of alkyl halides is 2. The molecule has 0 bridgehead atoms. The average Bonchev–Trinajstić information content (AvgIpc) is 3.22. The zero-order valence-electron chi connectivity index (χ0n) is 18.3. The minimum Gasteiger partial charge on any atom is -0.619 e. The SMILES string of the molecule is C[C@H](C(=O)Nc1cn(Cc2ccc(F)cc2F)cn1)N1CCC(F)(F)[C@@H](c2cc[n+]([O-])cc2)C1. The maximum Gasteiger partial charge on any atom is 0.257 e. The zero-order valence-corrected chi connectivity index (χ0v) is 18.3. The molecular formula is C23H23F4N5O2. The number of pyridine rings is 1. The van der Waals surface area contributed by atoms with Crippen LogP contribution in [0.3, 0.4) is 0 Å². The first kappa shape index (κ1) is 23.7. The third-order valence-electron chi connectivity index (χ3n) is 6.07. The van der Waals surface area contributed by atoms with Crippen LogP contribution in [0.15, 0.2) is 55.2 Å². The van der Waals surface area contributed by atoms with Gasteiger partial charge in [0.25, 0.3) is 5.92 Å². The molecule has 34 heavy (non-hydrogen) atoms. The Kier molecular flexibility index (Phi) is 6.56.